The number of hydrazine groups is 1. The van der Waals surface area contributed by atoms with Gasteiger partial charge in [-0.15, -0.1) is 11.6 Å². The molecular weight excluding hydrogens is 258 g/mol. The third-order valence-electron chi connectivity index (χ3n) is 3.51. The van der Waals surface area contributed by atoms with Crippen molar-refractivity contribution in [2.24, 2.45) is 17.7 Å². The van der Waals surface area contributed by atoms with Crippen LogP contribution in [-0.4, -0.2) is 41.0 Å². The number of carboxylic acid groups (broad SMARTS) is 1. The molecule has 1 fully saturated rings. The van der Waals surface area contributed by atoms with E-state index in [0.29, 0.717) is 38.2 Å². The smallest absolute Gasteiger partial charge is 0.407 e. The number of hydrogen-bond acceptors (Lipinski definition) is 3. The van der Waals surface area contributed by atoms with Gasteiger partial charge in [-0.05, 0) is 31.6 Å². The van der Waals surface area contributed by atoms with E-state index < -0.39 is 6.09 Å². The lowest BCUT2D eigenvalue weighted by Crippen LogP contribution is -2.44. The number of carbonyl (C=O) groups excluding carboxylic acids is 1. The summed E-state index contributed by atoms with van der Waals surface area (Å²) in [7, 11) is 0. The first kappa shape index (κ1) is 15.0. The molecule has 0 aromatic carbocycles. The van der Waals surface area contributed by atoms with Gasteiger partial charge in [-0.3, -0.25) is 10.2 Å². The van der Waals surface area contributed by atoms with E-state index >= 15 is 0 Å². The van der Waals surface area contributed by atoms with Crippen molar-refractivity contribution in [3.8, 4) is 0 Å². The zero-order valence-electron chi connectivity index (χ0n) is 10.3. The lowest BCUT2D eigenvalue weighted by atomic mass is 9.81. The Hall–Kier alpha value is -1.01. The van der Waals surface area contributed by atoms with Gasteiger partial charge in [0.15, 0.2) is 0 Å². The fourth-order valence-electron chi connectivity index (χ4n) is 2.48. The fourth-order valence-corrected chi connectivity index (χ4v) is 2.63. The Kier molecular flexibility index (Phi) is 6.21. The van der Waals surface area contributed by atoms with Gasteiger partial charge >= 0.3 is 6.09 Å². The predicted molar refractivity (Wildman–Crippen MR) is 68.1 cm³/mol. The molecule has 7 heteroatoms. The molecule has 0 aromatic heterocycles. The first-order valence-corrected chi connectivity index (χ1v) is 6.68. The van der Waals surface area contributed by atoms with Crippen LogP contribution >= 0.6 is 11.6 Å². The molecule has 0 spiro atoms. The molecule has 0 aliphatic carbocycles. The molecule has 2 amide bonds. The molecule has 1 aliphatic heterocycles. The largest absolute Gasteiger partial charge is 0.465 e. The topological polar surface area (TPSA) is 95.7 Å². The van der Waals surface area contributed by atoms with Crippen molar-refractivity contribution in [1.29, 1.82) is 0 Å². The molecule has 1 atom stereocenters. The van der Waals surface area contributed by atoms with Crippen LogP contribution in [0, 0.1) is 11.8 Å². The van der Waals surface area contributed by atoms with Crippen LogP contribution < -0.4 is 11.3 Å². The predicted octanol–water partition coefficient (Wildman–Crippen LogP) is 1.00. The SMILES string of the molecule is NNC(=O)C(CCCCl)C1CCN(C(=O)O)CC1. The van der Waals surface area contributed by atoms with E-state index in [1.807, 2.05) is 0 Å². The number of rotatable bonds is 5. The van der Waals surface area contributed by atoms with Gasteiger partial charge < -0.3 is 10.0 Å². The molecule has 1 unspecified atom stereocenters. The van der Waals surface area contributed by atoms with Crippen molar-refractivity contribution in [2.45, 2.75) is 25.7 Å². The maximum absolute atomic E-state index is 11.7. The molecule has 0 radical (unpaired) electrons. The number of alkyl halides is 1. The van der Waals surface area contributed by atoms with Crippen molar-refractivity contribution in [2.75, 3.05) is 19.0 Å². The highest BCUT2D eigenvalue weighted by molar-refractivity contribution is 6.17. The lowest BCUT2D eigenvalue weighted by molar-refractivity contribution is -0.127. The molecule has 0 bridgehead atoms. The first-order valence-electron chi connectivity index (χ1n) is 6.14. The Labute approximate surface area is 111 Å². The molecule has 1 heterocycles. The van der Waals surface area contributed by atoms with Crippen LogP contribution in [0.1, 0.15) is 25.7 Å². The molecule has 18 heavy (non-hydrogen) atoms. The van der Waals surface area contributed by atoms with E-state index in [9.17, 15) is 9.59 Å². The number of hydrogen-bond donors (Lipinski definition) is 3. The second-order valence-corrected chi connectivity index (χ2v) is 4.93. The van der Waals surface area contributed by atoms with Gasteiger partial charge in [0.25, 0.3) is 0 Å². The molecule has 1 saturated heterocycles. The highest BCUT2D eigenvalue weighted by Gasteiger charge is 2.31. The van der Waals surface area contributed by atoms with Crippen LogP contribution in [0.25, 0.3) is 0 Å². The van der Waals surface area contributed by atoms with Crippen LogP contribution in [0.3, 0.4) is 0 Å². The molecule has 6 nitrogen and oxygen atoms in total. The number of likely N-dealkylation sites (tertiary alicyclic amines) is 1. The van der Waals surface area contributed by atoms with Crippen molar-refractivity contribution in [3.63, 3.8) is 0 Å². The molecular formula is C11H20ClN3O3. The minimum atomic E-state index is -0.894. The van der Waals surface area contributed by atoms with Gasteiger partial charge in [0.1, 0.15) is 0 Å². The number of nitrogens with two attached hydrogens (primary N) is 1. The maximum Gasteiger partial charge on any atom is 0.407 e. The van der Waals surface area contributed by atoms with E-state index in [1.54, 1.807) is 0 Å². The monoisotopic (exact) mass is 277 g/mol. The van der Waals surface area contributed by atoms with Crippen LogP contribution in [0.4, 0.5) is 4.79 Å². The normalized spacial score (nSPS) is 18.4. The molecule has 0 saturated carbocycles. The summed E-state index contributed by atoms with van der Waals surface area (Å²) in [4.78, 5) is 23.9. The Morgan fingerprint density at radius 1 is 1.44 bits per heavy atom. The van der Waals surface area contributed by atoms with Gasteiger partial charge in [-0.1, -0.05) is 0 Å². The van der Waals surface area contributed by atoms with Crippen molar-refractivity contribution in [1.82, 2.24) is 10.3 Å². The van der Waals surface area contributed by atoms with Crippen molar-refractivity contribution >= 4 is 23.6 Å². The van der Waals surface area contributed by atoms with Gasteiger partial charge in [-0.2, -0.15) is 0 Å². The van der Waals surface area contributed by atoms with Crippen molar-refractivity contribution in [3.05, 3.63) is 0 Å². The number of halogens is 1. The van der Waals surface area contributed by atoms with E-state index in [2.05, 4.69) is 5.43 Å². The van der Waals surface area contributed by atoms with Crippen molar-refractivity contribution < 1.29 is 14.7 Å². The Morgan fingerprint density at radius 3 is 2.50 bits per heavy atom. The summed E-state index contributed by atoms with van der Waals surface area (Å²) in [6.45, 7) is 0.963. The van der Waals surface area contributed by atoms with Crippen LogP contribution in [-0.2, 0) is 4.79 Å². The van der Waals surface area contributed by atoms with Crippen LogP contribution in [0.15, 0.2) is 0 Å². The average molecular weight is 278 g/mol. The number of nitrogens with zero attached hydrogens (tertiary/aromatic N) is 1. The van der Waals surface area contributed by atoms with E-state index in [4.69, 9.17) is 22.6 Å². The standard InChI is InChI=1S/C11H20ClN3O3/c12-5-1-2-9(10(16)14-13)8-3-6-15(7-4-8)11(17)18/h8-9H,1-7,13H2,(H,14,16)(H,17,18). The molecule has 104 valence electrons. The van der Waals surface area contributed by atoms with E-state index in [1.165, 1.54) is 4.90 Å². The summed E-state index contributed by atoms with van der Waals surface area (Å²) in [6.07, 6.45) is 1.97. The van der Waals surface area contributed by atoms with Gasteiger partial charge in [0, 0.05) is 24.9 Å². The van der Waals surface area contributed by atoms with Crippen LogP contribution in [0.2, 0.25) is 0 Å². The summed E-state index contributed by atoms with van der Waals surface area (Å²) in [5.74, 6) is 5.56. The Morgan fingerprint density at radius 2 is 2.06 bits per heavy atom. The quantitative estimate of drug-likeness (QED) is 0.302. The summed E-state index contributed by atoms with van der Waals surface area (Å²) >= 11 is 5.65. The minimum Gasteiger partial charge on any atom is -0.465 e. The number of nitrogens with one attached hydrogen (secondary N) is 1. The van der Waals surface area contributed by atoms with E-state index in [-0.39, 0.29) is 17.7 Å². The number of carbonyl (C=O) groups is 2. The summed E-state index contributed by atoms with van der Waals surface area (Å²) in [5, 5.41) is 8.87. The second-order valence-electron chi connectivity index (χ2n) is 4.55. The number of piperidine rings is 1. The first-order chi connectivity index (χ1) is 8.60. The Balaban J connectivity index is 2.54. The maximum atomic E-state index is 11.7. The van der Waals surface area contributed by atoms with Crippen LogP contribution in [0.5, 0.6) is 0 Å². The van der Waals surface area contributed by atoms with Gasteiger partial charge in [0.05, 0.1) is 0 Å². The zero-order chi connectivity index (χ0) is 13.5. The zero-order valence-corrected chi connectivity index (χ0v) is 11.0. The van der Waals surface area contributed by atoms with Gasteiger partial charge in [-0.25, -0.2) is 10.6 Å². The third-order valence-corrected chi connectivity index (χ3v) is 3.77. The molecule has 1 rings (SSSR count). The van der Waals surface area contributed by atoms with Gasteiger partial charge in [0.2, 0.25) is 5.91 Å². The minimum absolute atomic E-state index is 0.162. The fraction of sp³-hybridized carbons (Fsp3) is 0.818. The number of amides is 2. The molecule has 0 aromatic rings. The highest BCUT2D eigenvalue weighted by atomic mass is 35.5. The third kappa shape index (κ3) is 4.03. The Bertz CT molecular complexity index is 293. The summed E-state index contributed by atoms with van der Waals surface area (Å²) in [5.41, 5.74) is 2.19. The highest BCUT2D eigenvalue weighted by Crippen LogP contribution is 2.28. The van der Waals surface area contributed by atoms with E-state index in [0.717, 1.165) is 6.42 Å². The lowest BCUT2D eigenvalue weighted by Gasteiger charge is -2.34. The summed E-state index contributed by atoms with van der Waals surface area (Å²) in [6, 6.07) is 0. The average Bonchev–Trinajstić information content (AvgIpc) is 2.39. The summed E-state index contributed by atoms with van der Waals surface area (Å²) < 4.78 is 0. The molecule has 4 N–H and O–H groups in total. The second kappa shape index (κ2) is 7.43. The molecule has 1 aliphatic rings.